The minimum Gasteiger partial charge on any atom is -0.384 e. The number of aromatic nitrogens is 1. The van der Waals surface area contributed by atoms with Gasteiger partial charge < -0.3 is 14.2 Å². The molecule has 1 aromatic heterocycles. The molecule has 0 saturated carbocycles. The lowest BCUT2D eigenvalue weighted by molar-refractivity contribution is -0.133. The molecule has 1 aliphatic heterocycles. The van der Waals surface area contributed by atoms with E-state index in [9.17, 15) is 4.79 Å². The van der Waals surface area contributed by atoms with Crippen molar-refractivity contribution in [2.75, 3.05) is 26.8 Å². The number of nitrogens with zero attached hydrogens (tertiary/aromatic N) is 2. The van der Waals surface area contributed by atoms with Crippen LogP contribution in [0.15, 0.2) is 30.5 Å². The Balaban J connectivity index is 1.59. The fourth-order valence-corrected chi connectivity index (χ4v) is 3.58. The van der Waals surface area contributed by atoms with Crippen molar-refractivity contribution in [3.8, 4) is 0 Å². The predicted molar refractivity (Wildman–Crippen MR) is 92.7 cm³/mol. The second-order valence-corrected chi connectivity index (χ2v) is 6.70. The first-order valence-electron chi connectivity index (χ1n) is 8.18. The summed E-state index contributed by atoms with van der Waals surface area (Å²) in [5, 5.41) is 1.85. The number of carbonyl (C=O) groups excluding carboxylic acids is 1. The van der Waals surface area contributed by atoms with Crippen molar-refractivity contribution >= 4 is 28.4 Å². The highest BCUT2D eigenvalue weighted by Crippen LogP contribution is 2.21. The number of piperidine rings is 1. The molecule has 0 spiro atoms. The number of likely N-dealkylation sites (tertiary alicyclic amines) is 1. The molecule has 23 heavy (non-hydrogen) atoms. The second kappa shape index (κ2) is 7.37. The zero-order valence-electron chi connectivity index (χ0n) is 13.5. The number of hydrogen-bond acceptors (Lipinski definition) is 2. The fourth-order valence-electron chi connectivity index (χ4n) is 3.40. The Morgan fingerprint density at radius 3 is 3.09 bits per heavy atom. The molecule has 0 radical (unpaired) electrons. The Morgan fingerprint density at radius 2 is 2.26 bits per heavy atom. The Bertz CT molecular complexity index is 681. The number of methoxy groups -OCH3 is 1. The van der Waals surface area contributed by atoms with Crippen LogP contribution < -0.4 is 0 Å². The molecule has 1 aliphatic rings. The summed E-state index contributed by atoms with van der Waals surface area (Å²) in [6.07, 6.45) is 4.79. The SMILES string of the molecule is COC[C@H]1CCCN(C(=O)CCn2ccc3cc(Cl)ccc32)C1. The van der Waals surface area contributed by atoms with Gasteiger partial charge in [-0.1, -0.05) is 11.6 Å². The van der Waals surface area contributed by atoms with Gasteiger partial charge in [0.25, 0.3) is 0 Å². The van der Waals surface area contributed by atoms with Gasteiger partial charge in [-0.2, -0.15) is 0 Å². The van der Waals surface area contributed by atoms with E-state index < -0.39 is 0 Å². The molecule has 0 bridgehead atoms. The summed E-state index contributed by atoms with van der Waals surface area (Å²) >= 11 is 6.02. The highest BCUT2D eigenvalue weighted by molar-refractivity contribution is 6.31. The van der Waals surface area contributed by atoms with Crippen LogP contribution >= 0.6 is 11.6 Å². The van der Waals surface area contributed by atoms with Crippen molar-refractivity contribution in [1.82, 2.24) is 9.47 Å². The molecule has 1 atom stereocenters. The van der Waals surface area contributed by atoms with Crippen LogP contribution in [0.5, 0.6) is 0 Å². The molecular weight excluding hydrogens is 312 g/mol. The highest BCUT2D eigenvalue weighted by atomic mass is 35.5. The molecule has 2 aromatic rings. The number of aryl methyl sites for hydroxylation is 1. The maximum absolute atomic E-state index is 12.5. The summed E-state index contributed by atoms with van der Waals surface area (Å²) in [5.74, 6) is 0.717. The molecule has 1 amide bonds. The number of benzene rings is 1. The van der Waals surface area contributed by atoms with Crippen LogP contribution in [0, 0.1) is 5.92 Å². The van der Waals surface area contributed by atoms with Crippen LogP contribution in [-0.2, 0) is 16.1 Å². The summed E-state index contributed by atoms with van der Waals surface area (Å²) in [5.41, 5.74) is 1.12. The van der Waals surface area contributed by atoms with Crippen LogP contribution in [0.1, 0.15) is 19.3 Å². The number of hydrogen-bond donors (Lipinski definition) is 0. The summed E-state index contributed by atoms with van der Waals surface area (Å²) < 4.78 is 7.36. The predicted octanol–water partition coefficient (Wildman–Crippen LogP) is 3.57. The summed E-state index contributed by atoms with van der Waals surface area (Å²) in [4.78, 5) is 14.5. The average Bonchev–Trinajstić information content (AvgIpc) is 2.95. The molecule has 0 aliphatic carbocycles. The summed E-state index contributed by atoms with van der Waals surface area (Å²) in [6, 6.07) is 7.90. The second-order valence-electron chi connectivity index (χ2n) is 6.27. The van der Waals surface area contributed by atoms with Crippen LogP contribution in [0.4, 0.5) is 0 Å². The lowest BCUT2D eigenvalue weighted by Gasteiger charge is -2.32. The normalized spacial score (nSPS) is 18.5. The molecule has 124 valence electrons. The minimum absolute atomic E-state index is 0.238. The molecule has 3 rings (SSSR count). The van der Waals surface area contributed by atoms with E-state index in [0.717, 1.165) is 48.5 Å². The van der Waals surface area contributed by atoms with Crippen molar-refractivity contribution in [3.63, 3.8) is 0 Å². The number of carbonyl (C=O) groups is 1. The van der Waals surface area contributed by atoms with Crippen molar-refractivity contribution in [2.45, 2.75) is 25.8 Å². The zero-order chi connectivity index (χ0) is 16.2. The lowest BCUT2D eigenvalue weighted by atomic mass is 9.99. The van der Waals surface area contributed by atoms with Gasteiger partial charge in [0, 0.05) is 55.3 Å². The maximum Gasteiger partial charge on any atom is 0.224 e. The molecule has 1 fully saturated rings. The number of ether oxygens (including phenoxy) is 1. The van der Waals surface area contributed by atoms with Gasteiger partial charge in [-0.05, 0) is 43.0 Å². The molecule has 1 aromatic carbocycles. The minimum atomic E-state index is 0.238. The summed E-state index contributed by atoms with van der Waals surface area (Å²) in [6.45, 7) is 3.15. The maximum atomic E-state index is 12.5. The van der Waals surface area contributed by atoms with E-state index >= 15 is 0 Å². The third-order valence-corrected chi connectivity index (χ3v) is 4.81. The molecule has 0 N–H and O–H groups in total. The van der Waals surface area contributed by atoms with Gasteiger partial charge in [0.1, 0.15) is 0 Å². The molecular formula is C18H23ClN2O2. The standard InChI is InChI=1S/C18H23ClN2O2/c1-23-13-14-3-2-8-21(12-14)18(22)7-10-20-9-6-15-11-16(19)4-5-17(15)20/h4-6,9,11,14H,2-3,7-8,10,12-13H2,1H3/t14-/m0/s1. The monoisotopic (exact) mass is 334 g/mol. The zero-order valence-corrected chi connectivity index (χ0v) is 14.3. The molecule has 1 saturated heterocycles. The van der Waals surface area contributed by atoms with E-state index in [1.54, 1.807) is 7.11 Å². The van der Waals surface area contributed by atoms with Gasteiger partial charge >= 0.3 is 0 Å². The van der Waals surface area contributed by atoms with E-state index in [4.69, 9.17) is 16.3 Å². The van der Waals surface area contributed by atoms with E-state index in [0.29, 0.717) is 18.9 Å². The molecule has 4 nitrogen and oxygen atoms in total. The van der Waals surface area contributed by atoms with Gasteiger partial charge in [0.05, 0.1) is 6.61 Å². The van der Waals surface area contributed by atoms with Crippen LogP contribution in [0.3, 0.4) is 0 Å². The van der Waals surface area contributed by atoms with E-state index in [-0.39, 0.29) is 5.91 Å². The first-order valence-corrected chi connectivity index (χ1v) is 8.56. The topological polar surface area (TPSA) is 34.5 Å². The lowest BCUT2D eigenvalue weighted by Crippen LogP contribution is -2.41. The number of amides is 1. The van der Waals surface area contributed by atoms with Gasteiger partial charge in [-0.15, -0.1) is 0 Å². The first kappa shape index (κ1) is 16.3. The fraction of sp³-hybridized carbons (Fsp3) is 0.500. The van der Waals surface area contributed by atoms with Gasteiger partial charge in [0.2, 0.25) is 5.91 Å². The Labute approximate surface area is 142 Å². The van der Waals surface area contributed by atoms with E-state index in [1.807, 2.05) is 35.4 Å². The molecule has 5 heteroatoms. The molecule has 2 heterocycles. The third-order valence-electron chi connectivity index (χ3n) is 4.57. The Kier molecular flexibility index (Phi) is 5.23. The highest BCUT2D eigenvalue weighted by Gasteiger charge is 2.23. The van der Waals surface area contributed by atoms with Gasteiger partial charge in [-0.3, -0.25) is 4.79 Å². The summed E-state index contributed by atoms with van der Waals surface area (Å²) in [7, 11) is 1.73. The smallest absolute Gasteiger partial charge is 0.224 e. The molecule has 0 unspecified atom stereocenters. The van der Waals surface area contributed by atoms with E-state index in [1.165, 1.54) is 0 Å². The Hall–Kier alpha value is -1.52. The Morgan fingerprint density at radius 1 is 1.39 bits per heavy atom. The van der Waals surface area contributed by atoms with Crippen molar-refractivity contribution in [1.29, 1.82) is 0 Å². The van der Waals surface area contributed by atoms with Crippen LogP contribution in [0.2, 0.25) is 5.02 Å². The van der Waals surface area contributed by atoms with Crippen molar-refractivity contribution in [2.24, 2.45) is 5.92 Å². The van der Waals surface area contributed by atoms with Crippen LogP contribution in [0.25, 0.3) is 10.9 Å². The number of fused-ring (bicyclic) bond motifs is 1. The van der Waals surface area contributed by atoms with Gasteiger partial charge in [0.15, 0.2) is 0 Å². The van der Waals surface area contributed by atoms with Gasteiger partial charge in [-0.25, -0.2) is 0 Å². The first-order chi connectivity index (χ1) is 11.2. The number of rotatable bonds is 5. The third kappa shape index (κ3) is 3.88. The van der Waals surface area contributed by atoms with E-state index in [2.05, 4.69) is 4.57 Å². The number of halogens is 1. The van der Waals surface area contributed by atoms with Crippen molar-refractivity contribution in [3.05, 3.63) is 35.5 Å². The van der Waals surface area contributed by atoms with Crippen molar-refractivity contribution < 1.29 is 9.53 Å². The van der Waals surface area contributed by atoms with Crippen LogP contribution in [-0.4, -0.2) is 42.2 Å². The largest absolute Gasteiger partial charge is 0.384 e. The quantitative estimate of drug-likeness (QED) is 0.837. The average molecular weight is 335 g/mol.